The molecule has 3 saturated heterocycles. The molecule has 5 rings (SSSR count). The monoisotopic (exact) mass is 476 g/mol. The van der Waals surface area contributed by atoms with Crippen LogP contribution in [0.15, 0.2) is 23.1 Å². The highest BCUT2D eigenvalue weighted by molar-refractivity contribution is 7.89. The normalized spacial score (nSPS) is 25.8. The maximum absolute atomic E-state index is 13.5. The Morgan fingerprint density at radius 3 is 2.58 bits per heavy atom. The average molecular weight is 477 g/mol. The molecule has 0 saturated carbocycles. The summed E-state index contributed by atoms with van der Waals surface area (Å²) in [6.07, 6.45) is 6.32. The molecule has 0 aliphatic carbocycles. The van der Waals surface area contributed by atoms with E-state index in [1.165, 1.54) is 9.21 Å². The van der Waals surface area contributed by atoms with Crippen LogP contribution in [0.25, 0.3) is 0 Å². The lowest BCUT2D eigenvalue weighted by molar-refractivity contribution is -0.125. The van der Waals surface area contributed by atoms with Crippen LogP contribution in [0.3, 0.4) is 0 Å². The summed E-state index contributed by atoms with van der Waals surface area (Å²) in [5.74, 6) is -0.396. The Morgan fingerprint density at radius 2 is 1.82 bits per heavy atom. The SMILES string of the molecule is O=C(CN1C(=O)[C@@H]2CCCCN2c2ccc(S(=O)(=O)N3CCCC3)cc21)NC[C@@H]1CCCO1. The third kappa shape index (κ3) is 4.36. The van der Waals surface area contributed by atoms with Crippen LogP contribution in [0.1, 0.15) is 44.9 Å². The zero-order valence-electron chi connectivity index (χ0n) is 18.9. The van der Waals surface area contributed by atoms with Gasteiger partial charge in [0.05, 0.1) is 22.4 Å². The van der Waals surface area contributed by atoms with Gasteiger partial charge < -0.3 is 15.0 Å². The fraction of sp³-hybridized carbons (Fsp3) is 0.652. The second-order valence-corrected chi connectivity index (χ2v) is 11.3. The number of nitrogens with zero attached hydrogens (tertiary/aromatic N) is 3. The smallest absolute Gasteiger partial charge is 0.250 e. The van der Waals surface area contributed by atoms with Crippen LogP contribution in [0, 0.1) is 0 Å². The Bertz CT molecular complexity index is 1020. The van der Waals surface area contributed by atoms with Crippen molar-refractivity contribution >= 4 is 33.2 Å². The summed E-state index contributed by atoms with van der Waals surface area (Å²) < 4.78 is 33.4. The van der Waals surface area contributed by atoms with Gasteiger partial charge in [-0.25, -0.2) is 8.42 Å². The number of hydrogen-bond acceptors (Lipinski definition) is 6. The van der Waals surface area contributed by atoms with E-state index in [1.54, 1.807) is 18.2 Å². The van der Waals surface area contributed by atoms with Crippen LogP contribution in [0.2, 0.25) is 0 Å². The van der Waals surface area contributed by atoms with Gasteiger partial charge in [0.1, 0.15) is 12.6 Å². The van der Waals surface area contributed by atoms with Crippen molar-refractivity contribution in [2.45, 2.75) is 62.0 Å². The van der Waals surface area contributed by atoms with Gasteiger partial charge in [0.25, 0.3) is 0 Å². The minimum Gasteiger partial charge on any atom is -0.376 e. The van der Waals surface area contributed by atoms with E-state index in [-0.39, 0.29) is 35.4 Å². The Morgan fingerprint density at radius 1 is 1.03 bits per heavy atom. The van der Waals surface area contributed by atoms with Crippen molar-refractivity contribution in [3.8, 4) is 0 Å². The molecule has 0 bridgehead atoms. The first-order valence-corrected chi connectivity index (χ1v) is 13.5. The Kier molecular flexibility index (Phi) is 6.32. The fourth-order valence-electron chi connectivity index (χ4n) is 5.37. The molecule has 180 valence electrons. The molecule has 4 aliphatic heterocycles. The van der Waals surface area contributed by atoms with E-state index < -0.39 is 10.0 Å². The number of anilines is 2. The zero-order chi connectivity index (χ0) is 23.0. The first-order valence-electron chi connectivity index (χ1n) is 12.1. The van der Waals surface area contributed by atoms with Crippen LogP contribution in [-0.4, -0.2) is 76.0 Å². The van der Waals surface area contributed by atoms with Crippen LogP contribution < -0.4 is 15.1 Å². The first-order chi connectivity index (χ1) is 15.9. The molecule has 0 aromatic heterocycles. The lowest BCUT2D eigenvalue weighted by atomic mass is 9.96. The van der Waals surface area contributed by atoms with E-state index in [0.717, 1.165) is 57.2 Å². The lowest BCUT2D eigenvalue weighted by Crippen LogP contribution is -2.57. The number of benzene rings is 1. The molecule has 0 radical (unpaired) electrons. The zero-order valence-corrected chi connectivity index (χ0v) is 19.7. The quantitative estimate of drug-likeness (QED) is 0.668. The summed E-state index contributed by atoms with van der Waals surface area (Å²) in [5.41, 5.74) is 1.33. The number of hydrogen-bond donors (Lipinski definition) is 1. The molecule has 33 heavy (non-hydrogen) atoms. The molecule has 3 fully saturated rings. The second-order valence-electron chi connectivity index (χ2n) is 9.33. The molecule has 4 aliphatic rings. The van der Waals surface area contributed by atoms with Gasteiger partial charge in [-0.15, -0.1) is 0 Å². The van der Waals surface area contributed by atoms with Crippen LogP contribution in [0.5, 0.6) is 0 Å². The molecular weight excluding hydrogens is 444 g/mol. The van der Waals surface area contributed by atoms with Gasteiger partial charge in [0, 0.05) is 32.8 Å². The number of carbonyl (C=O) groups is 2. The number of rotatable bonds is 6. The summed E-state index contributed by atoms with van der Waals surface area (Å²) in [6, 6.07) is 4.72. The number of sulfonamides is 1. The van der Waals surface area contributed by atoms with E-state index >= 15 is 0 Å². The van der Waals surface area contributed by atoms with Crippen molar-refractivity contribution in [2.75, 3.05) is 49.1 Å². The third-order valence-corrected chi connectivity index (χ3v) is 9.05. The van der Waals surface area contributed by atoms with Gasteiger partial charge in [0.15, 0.2) is 0 Å². The van der Waals surface area contributed by atoms with Gasteiger partial charge >= 0.3 is 0 Å². The Labute approximate surface area is 195 Å². The van der Waals surface area contributed by atoms with Crippen LogP contribution in [0.4, 0.5) is 11.4 Å². The molecule has 4 heterocycles. The number of amides is 2. The van der Waals surface area contributed by atoms with E-state index in [9.17, 15) is 18.0 Å². The topological polar surface area (TPSA) is 99.3 Å². The van der Waals surface area contributed by atoms with Crippen molar-refractivity contribution in [3.63, 3.8) is 0 Å². The Balaban J connectivity index is 1.44. The predicted molar refractivity (Wildman–Crippen MR) is 124 cm³/mol. The second kappa shape index (κ2) is 9.23. The Hall–Kier alpha value is -2.17. The largest absolute Gasteiger partial charge is 0.376 e. The van der Waals surface area contributed by atoms with Crippen LogP contribution >= 0.6 is 0 Å². The van der Waals surface area contributed by atoms with Crippen LogP contribution in [-0.2, 0) is 24.3 Å². The molecule has 9 nitrogen and oxygen atoms in total. The molecule has 0 unspecified atom stereocenters. The maximum atomic E-state index is 13.5. The summed E-state index contributed by atoms with van der Waals surface area (Å²) in [4.78, 5) is 30.0. The number of fused-ring (bicyclic) bond motifs is 3. The van der Waals surface area contributed by atoms with Gasteiger partial charge in [-0.3, -0.25) is 14.5 Å². The van der Waals surface area contributed by atoms with Crippen molar-refractivity contribution < 1.29 is 22.7 Å². The van der Waals surface area contributed by atoms with E-state index in [0.29, 0.717) is 31.9 Å². The molecular formula is C23H32N4O5S. The first kappa shape index (κ1) is 22.6. The lowest BCUT2D eigenvalue weighted by Gasteiger charge is -2.45. The molecule has 0 spiro atoms. The van der Waals surface area contributed by atoms with Crippen molar-refractivity contribution in [2.24, 2.45) is 0 Å². The number of ether oxygens (including phenoxy) is 1. The highest BCUT2D eigenvalue weighted by Gasteiger charge is 2.41. The molecule has 1 N–H and O–H groups in total. The van der Waals surface area contributed by atoms with E-state index in [2.05, 4.69) is 10.2 Å². The van der Waals surface area contributed by atoms with Gasteiger partial charge in [0.2, 0.25) is 21.8 Å². The molecule has 2 amide bonds. The minimum atomic E-state index is -3.63. The molecule has 1 aromatic rings. The maximum Gasteiger partial charge on any atom is 0.250 e. The van der Waals surface area contributed by atoms with Crippen molar-refractivity contribution in [1.82, 2.24) is 9.62 Å². The van der Waals surface area contributed by atoms with Crippen molar-refractivity contribution in [3.05, 3.63) is 18.2 Å². The number of piperidine rings is 1. The number of carbonyl (C=O) groups excluding carboxylic acids is 2. The highest BCUT2D eigenvalue weighted by Crippen LogP contribution is 2.41. The number of nitrogens with one attached hydrogen (secondary N) is 1. The van der Waals surface area contributed by atoms with Gasteiger partial charge in [-0.2, -0.15) is 4.31 Å². The molecule has 1 aromatic carbocycles. The average Bonchev–Trinajstić information content (AvgIpc) is 3.55. The summed E-state index contributed by atoms with van der Waals surface area (Å²) in [7, 11) is -3.63. The molecule has 10 heteroatoms. The summed E-state index contributed by atoms with van der Waals surface area (Å²) in [6.45, 7) is 2.79. The fourth-order valence-corrected chi connectivity index (χ4v) is 6.91. The minimum absolute atomic E-state index is 0.0179. The van der Waals surface area contributed by atoms with E-state index in [4.69, 9.17) is 4.74 Å². The van der Waals surface area contributed by atoms with Gasteiger partial charge in [-0.05, 0) is 63.1 Å². The summed E-state index contributed by atoms with van der Waals surface area (Å²) in [5, 5.41) is 2.89. The molecule has 2 atom stereocenters. The van der Waals surface area contributed by atoms with E-state index in [1.807, 2.05) is 0 Å². The predicted octanol–water partition coefficient (Wildman–Crippen LogP) is 1.47. The standard InChI is InChI=1S/C23H32N4O5S/c28-22(24-15-17-6-5-13-32-17)16-27-21-14-18(33(30,31)25-10-3-4-11-25)8-9-19(21)26-12-2-1-7-20(26)23(27)29/h8-9,14,17,20H,1-7,10-13,15-16H2,(H,24,28)/t17-,20-/m0/s1. The summed E-state index contributed by atoms with van der Waals surface area (Å²) >= 11 is 0. The van der Waals surface area contributed by atoms with Crippen molar-refractivity contribution in [1.29, 1.82) is 0 Å². The third-order valence-electron chi connectivity index (χ3n) is 7.16. The highest BCUT2D eigenvalue weighted by atomic mass is 32.2. The van der Waals surface area contributed by atoms with Gasteiger partial charge in [-0.1, -0.05) is 0 Å².